The smallest absolute Gasteiger partial charge is 0.339 e. The Morgan fingerprint density at radius 2 is 2.26 bits per heavy atom. The normalized spacial score (nSPS) is 10.4. The molecule has 0 fully saturated rings. The van der Waals surface area contributed by atoms with Crippen molar-refractivity contribution < 1.29 is 14.6 Å². The maximum Gasteiger partial charge on any atom is 0.339 e. The van der Waals surface area contributed by atoms with Crippen LogP contribution in [0.1, 0.15) is 28.7 Å². The highest BCUT2D eigenvalue weighted by Crippen LogP contribution is 2.24. The second-order valence-corrected chi connectivity index (χ2v) is 4.04. The van der Waals surface area contributed by atoms with Gasteiger partial charge in [0.1, 0.15) is 24.2 Å². The van der Waals surface area contributed by atoms with Crippen molar-refractivity contribution in [2.24, 2.45) is 0 Å². The molecule has 0 saturated carbocycles. The molecular weight excluding hydrogens is 246 g/mol. The summed E-state index contributed by atoms with van der Waals surface area (Å²) in [7, 11) is 0. The van der Waals surface area contributed by atoms with E-state index in [1.54, 1.807) is 10.7 Å². The molecule has 0 saturated heterocycles. The van der Waals surface area contributed by atoms with E-state index in [9.17, 15) is 4.79 Å². The van der Waals surface area contributed by atoms with E-state index in [1.807, 2.05) is 19.9 Å². The average molecular weight is 261 g/mol. The molecule has 6 nitrogen and oxygen atoms in total. The molecule has 0 aliphatic rings. The van der Waals surface area contributed by atoms with Crippen LogP contribution in [0.3, 0.4) is 0 Å². The number of carboxylic acids is 1. The van der Waals surface area contributed by atoms with E-state index in [4.69, 9.17) is 9.84 Å². The number of benzene rings is 1. The van der Waals surface area contributed by atoms with E-state index in [2.05, 4.69) is 10.1 Å². The SMILES string of the molecule is CCn1ncnc1COc1c(C)cccc1C(=O)O. The summed E-state index contributed by atoms with van der Waals surface area (Å²) >= 11 is 0. The van der Waals surface area contributed by atoms with Gasteiger partial charge in [-0.25, -0.2) is 14.5 Å². The number of aryl methyl sites for hydroxylation is 2. The van der Waals surface area contributed by atoms with Crippen LogP contribution < -0.4 is 4.74 Å². The predicted octanol–water partition coefficient (Wildman–Crippen LogP) is 1.88. The predicted molar refractivity (Wildman–Crippen MR) is 68.2 cm³/mol. The summed E-state index contributed by atoms with van der Waals surface area (Å²) in [6.07, 6.45) is 1.46. The van der Waals surface area contributed by atoms with Gasteiger partial charge >= 0.3 is 5.97 Å². The Hall–Kier alpha value is -2.37. The summed E-state index contributed by atoms with van der Waals surface area (Å²) in [5, 5.41) is 13.2. The largest absolute Gasteiger partial charge is 0.484 e. The number of rotatable bonds is 5. The molecule has 0 radical (unpaired) electrons. The minimum absolute atomic E-state index is 0.155. The average Bonchev–Trinajstić information content (AvgIpc) is 2.84. The van der Waals surface area contributed by atoms with Crippen molar-refractivity contribution in [1.29, 1.82) is 0 Å². The Kier molecular flexibility index (Phi) is 3.79. The second-order valence-electron chi connectivity index (χ2n) is 4.04. The van der Waals surface area contributed by atoms with Crippen LogP contribution in [0.5, 0.6) is 5.75 Å². The third kappa shape index (κ3) is 2.73. The standard InChI is InChI=1S/C13H15N3O3/c1-3-16-11(14-8-15-16)7-19-12-9(2)5-4-6-10(12)13(17)18/h4-6,8H,3,7H2,1-2H3,(H,17,18). The molecule has 0 bridgehead atoms. The molecule has 0 aliphatic heterocycles. The third-order valence-electron chi connectivity index (χ3n) is 2.78. The van der Waals surface area contributed by atoms with Crippen molar-refractivity contribution in [2.75, 3.05) is 0 Å². The lowest BCUT2D eigenvalue weighted by molar-refractivity contribution is 0.0691. The molecule has 0 unspecified atom stereocenters. The van der Waals surface area contributed by atoms with E-state index in [1.165, 1.54) is 12.4 Å². The molecule has 2 rings (SSSR count). The monoisotopic (exact) mass is 261 g/mol. The zero-order valence-corrected chi connectivity index (χ0v) is 10.8. The first-order valence-corrected chi connectivity index (χ1v) is 5.96. The van der Waals surface area contributed by atoms with E-state index in [-0.39, 0.29) is 12.2 Å². The molecule has 1 heterocycles. The first kappa shape index (κ1) is 13.1. The van der Waals surface area contributed by atoms with E-state index in [0.29, 0.717) is 18.1 Å². The van der Waals surface area contributed by atoms with Gasteiger partial charge in [-0.2, -0.15) is 5.10 Å². The molecule has 2 aromatic rings. The van der Waals surface area contributed by atoms with Crippen molar-refractivity contribution in [3.63, 3.8) is 0 Å². The Balaban J connectivity index is 2.22. The molecule has 6 heteroatoms. The summed E-state index contributed by atoms with van der Waals surface area (Å²) in [5.41, 5.74) is 0.935. The number of hydrogen-bond donors (Lipinski definition) is 1. The second kappa shape index (κ2) is 5.51. The third-order valence-corrected chi connectivity index (χ3v) is 2.78. The Bertz CT molecular complexity index is 593. The number of carbonyl (C=O) groups is 1. The molecule has 1 aromatic heterocycles. The Morgan fingerprint density at radius 3 is 2.95 bits per heavy atom. The lowest BCUT2D eigenvalue weighted by atomic mass is 10.1. The molecule has 1 N–H and O–H groups in total. The molecular formula is C13H15N3O3. The quantitative estimate of drug-likeness (QED) is 0.889. The fraction of sp³-hybridized carbons (Fsp3) is 0.308. The van der Waals surface area contributed by atoms with Crippen LogP contribution in [-0.2, 0) is 13.2 Å². The Labute approximate surface area is 110 Å². The summed E-state index contributed by atoms with van der Waals surface area (Å²) in [5.74, 6) is 0.0402. The summed E-state index contributed by atoms with van der Waals surface area (Å²) in [6.45, 7) is 4.65. The van der Waals surface area contributed by atoms with E-state index in [0.717, 1.165) is 5.56 Å². The van der Waals surface area contributed by atoms with Crippen LogP contribution >= 0.6 is 0 Å². The van der Waals surface area contributed by atoms with Crippen LogP contribution in [0.4, 0.5) is 0 Å². The maximum atomic E-state index is 11.1. The van der Waals surface area contributed by atoms with Gasteiger partial charge < -0.3 is 9.84 Å². The van der Waals surface area contributed by atoms with Gasteiger partial charge in [-0.3, -0.25) is 0 Å². The summed E-state index contributed by atoms with van der Waals surface area (Å²) < 4.78 is 7.32. The highest BCUT2D eigenvalue weighted by atomic mass is 16.5. The van der Waals surface area contributed by atoms with Gasteiger partial charge in [-0.05, 0) is 25.5 Å². The van der Waals surface area contributed by atoms with Crippen LogP contribution in [0.2, 0.25) is 0 Å². The van der Waals surface area contributed by atoms with Crippen molar-refractivity contribution in [3.8, 4) is 5.75 Å². The van der Waals surface area contributed by atoms with Gasteiger partial charge in [-0.1, -0.05) is 12.1 Å². The molecule has 19 heavy (non-hydrogen) atoms. The fourth-order valence-corrected chi connectivity index (χ4v) is 1.81. The number of nitrogens with zero attached hydrogens (tertiary/aromatic N) is 3. The fourth-order valence-electron chi connectivity index (χ4n) is 1.81. The minimum Gasteiger partial charge on any atom is -0.484 e. The molecule has 100 valence electrons. The van der Waals surface area contributed by atoms with Gasteiger partial charge in [0.15, 0.2) is 5.82 Å². The minimum atomic E-state index is -1.00. The van der Waals surface area contributed by atoms with E-state index >= 15 is 0 Å². The van der Waals surface area contributed by atoms with Crippen LogP contribution in [-0.4, -0.2) is 25.8 Å². The number of hydrogen-bond acceptors (Lipinski definition) is 4. The first-order valence-electron chi connectivity index (χ1n) is 5.96. The summed E-state index contributed by atoms with van der Waals surface area (Å²) in [4.78, 5) is 15.2. The molecule has 0 atom stereocenters. The van der Waals surface area contributed by atoms with Gasteiger partial charge in [0, 0.05) is 6.54 Å². The topological polar surface area (TPSA) is 77.2 Å². The van der Waals surface area contributed by atoms with E-state index < -0.39 is 5.97 Å². The van der Waals surface area contributed by atoms with Crippen molar-refractivity contribution in [3.05, 3.63) is 41.5 Å². The molecule has 1 aromatic carbocycles. The molecule has 0 spiro atoms. The highest BCUT2D eigenvalue weighted by Gasteiger charge is 2.14. The Morgan fingerprint density at radius 1 is 1.47 bits per heavy atom. The zero-order valence-electron chi connectivity index (χ0n) is 10.8. The van der Waals surface area contributed by atoms with Crippen molar-refractivity contribution >= 4 is 5.97 Å². The number of aromatic nitrogens is 3. The van der Waals surface area contributed by atoms with Crippen LogP contribution in [0, 0.1) is 6.92 Å². The van der Waals surface area contributed by atoms with Crippen LogP contribution in [0.15, 0.2) is 24.5 Å². The number of carboxylic acid groups (broad SMARTS) is 1. The van der Waals surface area contributed by atoms with Crippen LogP contribution in [0.25, 0.3) is 0 Å². The summed E-state index contributed by atoms with van der Waals surface area (Å²) in [6, 6.07) is 5.03. The maximum absolute atomic E-state index is 11.1. The van der Waals surface area contributed by atoms with Gasteiger partial charge in [0.05, 0.1) is 0 Å². The van der Waals surface area contributed by atoms with Gasteiger partial charge in [0.25, 0.3) is 0 Å². The lowest BCUT2D eigenvalue weighted by Gasteiger charge is -2.11. The first-order chi connectivity index (χ1) is 9.13. The molecule has 0 amide bonds. The van der Waals surface area contributed by atoms with Crippen molar-refractivity contribution in [2.45, 2.75) is 27.0 Å². The lowest BCUT2D eigenvalue weighted by Crippen LogP contribution is -2.10. The zero-order chi connectivity index (χ0) is 13.8. The van der Waals surface area contributed by atoms with Crippen molar-refractivity contribution in [1.82, 2.24) is 14.8 Å². The van der Waals surface area contributed by atoms with Gasteiger partial charge in [0.2, 0.25) is 0 Å². The number of aromatic carboxylic acids is 1. The molecule has 0 aliphatic carbocycles. The number of ether oxygens (including phenoxy) is 1. The highest BCUT2D eigenvalue weighted by molar-refractivity contribution is 5.91. The number of para-hydroxylation sites is 1. The van der Waals surface area contributed by atoms with Gasteiger partial charge in [-0.15, -0.1) is 0 Å².